The lowest BCUT2D eigenvalue weighted by Crippen LogP contribution is -2.54. The molecule has 1 aliphatic rings. The number of hydrogen-bond donors (Lipinski definition) is 1. The lowest BCUT2D eigenvalue weighted by molar-refractivity contribution is -0.385. The number of likely N-dealkylation sites (tertiary alicyclic amines) is 1. The molecule has 0 atom stereocenters. The number of nitrogens with zero attached hydrogens (tertiary/aromatic N) is 2. The molecule has 0 unspecified atom stereocenters. The number of benzene rings is 1. The molecule has 2 rings (SSSR count). The fourth-order valence-electron chi connectivity index (χ4n) is 1.83. The monoisotopic (exact) mass is 225 g/mol. The summed E-state index contributed by atoms with van der Waals surface area (Å²) in [5.74, 6) is -0.575. The number of nitro benzene ring substituents is 1. The highest BCUT2D eigenvalue weighted by atomic mass is 19.1. The maximum absolute atomic E-state index is 13.1. The van der Waals surface area contributed by atoms with E-state index in [-0.39, 0.29) is 11.7 Å². The van der Waals surface area contributed by atoms with Gasteiger partial charge in [0.05, 0.1) is 11.0 Å². The first-order valence-electron chi connectivity index (χ1n) is 4.96. The Balaban J connectivity index is 2.11. The molecule has 1 fully saturated rings. The molecular formula is C10H12FN3O2. The van der Waals surface area contributed by atoms with E-state index >= 15 is 0 Å². The molecule has 0 aliphatic carbocycles. The van der Waals surface area contributed by atoms with Gasteiger partial charge in [-0.1, -0.05) is 0 Å². The minimum absolute atomic E-state index is 0.170. The molecule has 1 saturated heterocycles. The lowest BCUT2D eigenvalue weighted by Gasteiger charge is -2.36. The number of nitro groups is 1. The van der Waals surface area contributed by atoms with Crippen molar-refractivity contribution in [3.63, 3.8) is 0 Å². The summed E-state index contributed by atoms with van der Waals surface area (Å²) in [6, 6.07) is 3.80. The van der Waals surface area contributed by atoms with Crippen molar-refractivity contribution >= 4 is 5.69 Å². The molecule has 0 bridgehead atoms. The van der Waals surface area contributed by atoms with Crippen molar-refractivity contribution in [2.45, 2.75) is 12.6 Å². The molecule has 0 spiro atoms. The summed E-state index contributed by atoms with van der Waals surface area (Å²) in [5, 5.41) is 10.5. The van der Waals surface area contributed by atoms with Crippen molar-refractivity contribution in [2.24, 2.45) is 5.73 Å². The van der Waals surface area contributed by atoms with E-state index in [0.29, 0.717) is 12.1 Å². The molecule has 86 valence electrons. The van der Waals surface area contributed by atoms with E-state index in [2.05, 4.69) is 0 Å². The van der Waals surface area contributed by atoms with Crippen molar-refractivity contribution in [3.8, 4) is 0 Å². The molecule has 0 saturated carbocycles. The molecule has 2 N–H and O–H groups in total. The predicted molar refractivity (Wildman–Crippen MR) is 56.3 cm³/mol. The van der Waals surface area contributed by atoms with Crippen LogP contribution in [0.1, 0.15) is 5.56 Å². The van der Waals surface area contributed by atoms with Crippen LogP contribution in [0.15, 0.2) is 18.2 Å². The third-order valence-electron chi connectivity index (χ3n) is 2.54. The second-order valence-electron chi connectivity index (χ2n) is 4.03. The van der Waals surface area contributed by atoms with E-state index in [1.165, 1.54) is 12.1 Å². The minimum Gasteiger partial charge on any atom is -0.325 e. The third kappa shape index (κ3) is 2.34. The van der Waals surface area contributed by atoms with Gasteiger partial charge in [0.2, 0.25) is 0 Å². The zero-order valence-corrected chi connectivity index (χ0v) is 8.60. The summed E-state index contributed by atoms with van der Waals surface area (Å²) in [6.07, 6.45) is 0. The molecular weight excluding hydrogens is 213 g/mol. The van der Waals surface area contributed by atoms with Crippen LogP contribution in [0.4, 0.5) is 10.1 Å². The Morgan fingerprint density at radius 1 is 1.50 bits per heavy atom. The van der Waals surface area contributed by atoms with Crippen molar-refractivity contribution in [3.05, 3.63) is 39.7 Å². The predicted octanol–water partition coefficient (Wildman–Crippen LogP) is 0.877. The summed E-state index contributed by atoms with van der Waals surface area (Å²) in [6.45, 7) is 2.01. The fourth-order valence-corrected chi connectivity index (χ4v) is 1.83. The van der Waals surface area contributed by atoms with Crippen LogP contribution in [0.3, 0.4) is 0 Å². The fraction of sp³-hybridized carbons (Fsp3) is 0.400. The molecule has 6 heteroatoms. The SMILES string of the molecule is NC1CN(Cc2cc(F)cc([N+](=O)[O-])c2)C1. The topological polar surface area (TPSA) is 72.4 Å². The van der Waals surface area contributed by atoms with Gasteiger partial charge in [-0.15, -0.1) is 0 Å². The van der Waals surface area contributed by atoms with Gasteiger partial charge in [0.25, 0.3) is 5.69 Å². The average Bonchev–Trinajstić information content (AvgIpc) is 2.14. The molecule has 0 aromatic heterocycles. The Hall–Kier alpha value is -1.53. The van der Waals surface area contributed by atoms with Crippen LogP contribution in [0.25, 0.3) is 0 Å². The van der Waals surface area contributed by atoms with Gasteiger partial charge in [-0.3, -0.25) is 15.0 Å². The summed E-state index contributed by atoms with van der Waals surface area (Å²) in [5.41, 5.74) is 6.01. The maximum atomic E-state index is 13.1. The van der Waals surface area contributed by atoms with Crippen LogP contribution >= 0.6 is 0 Å². The van der Waals surface area contributed by atoms with E-state index in [9.17, 15) is 14.5 Å². The number of non-ortho nitro benzene ring substituents is 1. The van der Waals surface area contributed by atoms with Gasteiger partial charge in [-0.2, -0.15) is 0 Å². The molecule has 0 radical (unpaired) electrons. The Morgan fingerprint density at radius 3 is 2.75 bits per heavy atom. The average molecular weight is 225 g/mol. The van der Waals surface area contributed by atoms with Crippen LogP contribution in [-0.4, -0.2) is 29.0 Å². The van der Waals surface area contributed by atoms with Crippen LogP contribution in [-0.2, 0) is 6.54 Å². The molecule has 5 nitrogen and oxygen atoms in total. The summed E-state index contributed by atoms with van der Waals surface area (Å²) in [7, 11) is 0. The van der Waals surface area contributed by atoms with E-state index in [1.54, 1.807) is 0 Å². The summed E-state index contributed by atoms with van der Waals surface area (Å²) >= 11 is 0. The highest BCUT2D eigenvalue weighted by Crippen LogP contribution is 2.19. The number of rotatable bonds is 3. The van der Waals surface area contributed by atoms with Gasteiger partial charge in [0, 0.05) is 31.7 Å². The number of halogens is 1. The molecule has 1 heterocycles. The first-order valence-corrected chi connectivity index (χ1v) is 4.96. The summed E-state index contributed by atoms with van der Waals surface area (Å²) < 4.78 is 13.1. The number of hydrogen-bond acceptors (Lipinski definition) is 4. The molecule has 1 aliphatic heterocycles. The standard InChI is InChI=1S/C10H12FN3O2/c11-8-1-7(2-10(3-8)14(15)16)4-13-5-9(12)6-13/h1-3,9H,4-6,12H2. The molecule has 1 aromatic rings. The molecule has 16 heavy (non-hydrogen) atoms. The van der Waals surface area contributed by atoms with Crippen LogP contribution in [0.5, 0.6) is 0 Å². The number of nitrogens with two attached hydrogens (primary N) is 1. The Bertz CT molecular complexity index is 419. The van der Waals surface area contributed by atoms with Crippen LogP contribution in [0, 0.1) is 15.9 Å². The van der Waals surface area contributed by atoms with Crippen molar-refractivity contribution in [1.82, 2.24) is 4.90 Å². The first-order chi connectivity index (χ1) is 7.54. The normalized spacial score (nSPS) is 17.1. The Kier molecular flexibility index (Phi) is 2.84. The van der Waals surface area contributed by atoms with Gasteiger partial charge in [-0.25, -0.2) is 4.39 Å². The quantitative estimate of drug-likeness (QED) is 0.612. The van der Waals surface area contributed by atoms with Gasteiger partial charge < -0.3 is 5.73 Å². The van der Waals surface area contributed by atoms with Gasteiger partial charge in [-0.05, 0) is 11.6 Å². The zero-order valence-electron chi connectivity index (χ0n) is 8.60. The van der Waals surface area contributed by atoms with Crippen LogP contribution < -0.4 is 5.73 Å². The Labute approximate surface area is 91.8 Å². The van der Waals surface area contributed by atoms with E-state index in [4.69, 9.17) is 5.73 Å². The Morgan fingerprint density at radius 2 is 2.19 bits per heavy atom. The van der Waals surface area contributed by atoms with E-state index in [0.717, 1.165) is 19.2 Å². The van der Waals surface area contributed by atoms with E-state index < -0.39 is 10.7 Å². The van der Waals surface area contributed by atoms with Crippen molar-refractivity contribution < 1.29 is 9.31 Å². The van der Waals surface area contributed by atoms with Crippen molar-refractivity contribution in [2.75, 3.05) is 13.1 Å². The molecule has 1 aromatic carbocycles. The summed E-state index contributed by atoms with van der Waals surface area (Å²) in [4.78, 5) is 12.0. The lowest BCUT2D eigenvalue weighted by atomic mass is 10.1. The second kappa shape index (κ2) is 4.15. The first kappa shape index (κ1) is 11.0. The third-order valence-corrected chi connectivity index (χ3v) is 2.54. The minimum atomic E-state index is -0.589. The smallest absolute Gasteiger partial charge is 0.272 e. The zero-order chi connectivity index (χ0) is 11.7. The van der Waals surface area contributed by atoms with Gasteiger partial charge in [0.1, 0.15) is 5.82 Å². The largest absolute Gasteiger partial charge is 0.325 e. The highest BCUT2D eigenvalue weighted by molar-refractivity contribution is 5.35. The van der Waals surface area contributed by atoms with Gasteiger partial charge >= 0.3 is 0 Å². The van der Waals surface area contributed by atoms with Crippen molar-refractivity contribution in [1.29, 1.82) is 0 Å². The second-order valence-corrected chi connectivity index (χ2v) is 4.03. The molecule has 0 amide bonds. The van der Waals surface area contributed by atoms with Gasteiger partial charge in [0.15, 0.2) is 0 Å². The maximum Gasteiger partial charge on any atom is 0.272 e. The highest BCUT2D eigenvalue weighted by Gasteiger charge is 2.23. The van der Waals surface area contributed by atoms with Crippen LogP contribution in [0.2, 0.25) is 0 Å². The van der Waals surface area contributed by atoms with E-state index in [1.807, 2.05) is 4.90 Å².